The van der Waals surface area contributed by atoms with Crippen LogP contribution in [0.25, 0.3) is 16.0 Å². The van der Waals surface area contributed by atoms with Gasteiger partial charge in [-0.3, -0.25) is 24.6 Å². The number of aliphatic hydroxyl groups is 1. The van der Waals surface area contributed by atoms with E-state index in [-0.39, 0.29) is 22.2 Å². The maximum absolute atomic E-state index is 13.5. The van der Waals surface area contributed by atoms with Gasteiger partial charge in [-0.25, -0.2) is 4.98 Å². The highest BCUT2D eigenvalue weighted by atomic mass is 32.1. The zero-order valence-electron chi connectivity index (χ0n) is 21.0. The van der Waals surface area contributed by atoms with Crippen LogP contribution in [-0.4, -0.2) is 33.8 Å². The molecule has 0 aliphatic carbocycles. The van der Waals surface area contributed by atoms with Crippen molar-refractivity contribution >= 4 is 49.8 Å². The molecule has 0 saturated carbocycles. The highest BCUT2D eigenvalue weighted by Gasteiger charge is 2.48. The molecule has 38 heavy (non-hydrogen) atoms. The molecule has 0 spiro atoms. The number of aromatic nitrogens is 1. The zero-order valence-corrected chi connectivity index (χ0v) is 21.8. The maximum atomic E-state index is 13.5. The van der Waals surface area contributed by atoms with Crippen molar-refractivity contribution in [2.75, 3.05) is 12.0 Å². The molecule has 1 fully saturated rings. The summed E-state index contributed by atoms with van der Waals surface area (Å²) in [6.07, 6.45) is 0. The number of nitro groups is 1. The molecule has 1 aliphatic rings. The average molecular weight is 530 g/mol. The number of methoxy groups -OCH3 is 1. The molecule has 3 aromatic carbocycles. The Morgan fingerprint density at radius 3 is 2.53 bits per heavy atom. The van der Waals surface area contributed by atoms with Crippen molar-refractivity contribution in [2.24, 2.45) is 0 Å². The van der Waals surface area contributed by atoms with E-state index in [1.165, 1.54) is 41.5 Å². The third-order valence-electron chi connectivity index (χ3n) is 6.53. The van der Waals surface area contributed by atoms with Gasteiger partial charge in [0.15, 0.2) is 5.13 Å². The van der Waals surface area contributed by atoms with Crippen LogP contribution in [0.4, 0.5) is 10.8 Å². The Hall–Kier alpha value is -4.57. The van der Waals surface area contributed by atoms with Crippen LogP contribution in [0.15, 0.2) is 60.2 Å². The monoisotopic (exact) mass is 529 g/mol. The van der Waals surface area contributed by atoms with E-state index in [1.807, 2.05) is 26.0 Å². The first kappa shape index (κ1) is 25.1. The van der Waals surface area contributed by atoms with Crippen molar-refractivity contribution in [3.8, 4) is 5.75 Å². The van der Waals surface area contributed by atoms with Gasteiger partial charge in [0.1, 0.15) is 11.5 Å². The Balaban J connectivity index is 1.76. The minimum atomic E-state index is -1.13. The number of hydrogen-bond donors (Lipinski definition) is 1. The normalized spacial score (nSPS) is 16.8. The summed E-state index contributed by atoms with van der Waals surface area (Å²) in [5, 5.41) is 23.2. The number of anilines is 1. The molecule has 1 aliphatic heterocycles. The fourth-order valence-corrected chi connectivity index (χ4v) is 5.97. The highest BCUT2D eigenvalue weighted by molar-refractivity contribution is 7.22. The number of Topliss-reactive ketones (excluding diaryl/α,β-unsaturated/α-hetero) is 1. The van der Waals surface area contributed by atoms with Crippen LogP contribution < -0.4 is 9.64 Å². The van der Waals surface area contributed by atoms with E-state index in [2.05, 4.69) is 4.98 Å². The molecule has 2 heterocycles. The number of ether oxygens (including phenoxy) is 1. The number of aliphatic hydroxyl groups excluding tert-OH is 1. The molecule has 9 nitrogen and oxygen atoms in total. The molecule has 0 bridgehead atoms. The molecule has 0 radical (unpaired) electrons. The number of ketones is 1. The minimum Gasteiger partial charge on any atom is -0.507 e. The Morgan fingerprint density at radius 2 is 1.84 bits per heavy atom. The van der Waals surface area contributed by atoms with Crippen LogP contribution >= 0.6 is 11.3 Å². The quantitative estimate of drug-likeness (QED) is 0.115. The summed E-state index contributed by atoms with van der Waals surface area (Å²) in [4.78, 5) is 43.8. The van der Waals surface area contributed by atoms with Gasteiger partial charge in [-0.1, -0.05) is 29.5 Å². The number of carbonyl (C=O) groups is 2. The summed E-state index contributed by atoms with van der Waals surface area (Å²) in [6, 6.07) is 13.4. The van der Waals surface area contributed by atoms with E-state index in [1.54, 1.807) is 31.2 Å². The molecule has 1 amide bonds. The second kappa shape index (κ2) is 9.38. The fraction of sp³-hybridized carbons (Fsp3) is 0.179. The molecule has 0 unspecified atom stereocenters. The van der Waals surface area contributed by atoms with E-state index in [0.29, 0.717) is 22.4 Å². The van der Waals surface area contributed by atoms with Gasteiger partial charge in [0.25, 0.3) is 11.5 Å². The zero-order chi connectivity index (χ0) is 27.3. The van der Waals surface area contributed by atoms with Crippen molar-refractivity contribution in [1.82, 2.24) is 4.98 Å². The molecular weight excluding hydrogens is 506 g/mol. The number of carbonyl (C=O) groups excluding carboxylic acids is 2. The number of fused-ring (bicyclic) bond motifs is 1. The SMILES string of the molecule is COc1ccc(C(O)=C2C(=O)C(=O)N(c3nc4c(C)cc(C)cc4s3)[C@H]2c2cccc([N+](=O)[O-])c2)cc1C. The number of hydrogen-bond acceptors (Lipinski definition) is 8. The van der Waals surface area contributed by atoms with E-state index < -0.39 is 22.7 Å². The lowest BCUT2D eigenvalue weighted by Gasteiger charge is -2.23. The third-order valence-corrected chi connectivity index (χ3v) is 7.54. The molecule has 1 aromatic heterocycles. The summed E-state index contributed by atoms with van der Waals surface area (Å²) in [5.41, 5.74) is 3.59. The van der Waals surface area contributed by atoms with Crippen LogP contribution in [0.2, 0.25) is 0 Å². The van der Waals surface area contributed by atoms with Crippen molar-refractivity contribution in [3.63, 3.8) is 0 Å². The van der Waals surface area contributed by atoms with E-state index in [4.69, 9.17) is 4.74 Å². The topological polar surface area (TPSA) is 123 Å². The van der Waals surface area contributed by atoms with Gasteiger partial charge in [0, 0.05) is 17.7 Å². The number of aryl methyl sites for hydroxylation is 3. The van der Waals surface area contributed by atoms with Gasteiger partial charge in [-0.2, -0.15) is 0 Å². The molecule has 10 heteroatoms. The van der Waals surface area contributed by atoms with Gasteiger partial charge in [-0.15, -0.1) is 0 Å². The van der Waals surface area contributed by atoms with Crippen LogP contribution in [-0.2, 0) is 9.59 Å². The molecule has 1 saturated heterocycles. The third kappa shape index (κ3) is 4.08. The van der Waals surface area contributed by atoms with E-state index in [9.17, 15) is 24.8 Å². The molecule has 1 atom stereocenters. The number of non-ortho nitro benzene ring substituents is 1. The standard InChI is InChI=1S/C28H23N3O6S/c1-14-10-16(3)23-21(11-14)38-28(29-23)30-24(17-6-5-7-19(13-17)31(35)36)22(26(33)27(30)34)25(32)18-8-9-20(37-4)15(2)12-18/h5-13,24,32H,1-4H3/t24-/m0/s1. The molecule has 4 aromatic rings. The molecule has 192 valence electrons. The number of nitrogens with zero attached hydrogens (tertiary/aromatic N) is 3. The lowest BCUT2D eigenvalue weighted by atomic mass is 9.94. The molecular formula is C28H23N3O6S. The number of benzene rings is 3. The summed E-state index contributed by atoms with van der Waals surface area (Å²) in [6.45, 7) is 5.66. The summed E-state index contributed by atoms with van der Waals surface area (Å²) in [5.74, 6) is -1.57. The summed E-state index contributed by atoms with van der Waals surface area (Å²) < 4.78 is 6.13. The lowest BCUT2D eigenvalue weighted by molar-refractivity contribution is -0.384. The van der Waals surface area contributed by atoms with E-state index >= 15 is 0 Å². The Labute approximate surface area is 221 Å². The van der Waals surface area contributed by atoms with Crippen molar-refractivity contribution in [2.45, 2.75) is 26.8 Å². The van der Waals surface area contributed by atoms with Crippen LogP contribution in [0.3, 0.4) is 0 Å². The van der Waals surface area contributed by atoms with Crippen LogP contribution in [0.1, 0.15) is 33.9 Å². The predicted molar refractivity (Wildman–Crippen MR) is 145 cm³/mol. The second-order valence-corrected chi connectivity index (χ2v) is 10.1. The van der Waals surface area contributed by atoms with Gasteiger partial charge in [-0.05, 0) is 67.3 Å². The maximum Gasteiger partial charge on any atom is 0.301 e. The average Bonchev–Trinajstić information content (AvgIpc) is 3.42. The first-order valence-electron chi connectivity index (χ1n) is 11.7. The predicted octanol–water partition coefficient (Wildman–Crippen LogP) is 5.76. The summed E-state index contributed by atoms with van der Waals surface area (Å²) >= 11 is 1.24. The molecule has 5 rings (SSSR count). The number of rotatable bonds is 5. The van der Waals surface area contributed by atoms with Crippen molar-refractivity contribution in [1.29, 1.82) is 0 Å². The highest BCUT2D eigenvalue weighted by Crippen LogP contribution is 2.45. The second-order valence-electron chi connectivity index (χ2n) is 9.13. The Kier molecular flexibility index (Phi) is 6.20. The summed E-state index contributed by atoms with van der Waals surface area (Å²) in [7, 11) is 1.52. The minimum absolute atomic E-state index is 0.174. The fourth-order valence-electron chi connectivity index (χ4n) is 4.80. The smallest absolute Gasteiger partial charge is 0.301 e. The van der Waals surface area contributed by atoms with Crippen molar-refractivity contribution in [3.05, 3.63) is 98.1 Å². The first-order valence-corrected chi connectivity index (χ1v) is 12.5. The van der Waals surface area contributed by atoms with Crippen LogP contribution in [0.5, 0.6) is 5.75 Å². The van der Waals surface area contributed by atoms with E-state index in [0.717, 1.165) is 21.4 Å². The van der Waals surface area contributed by atoms with Gasteiger partial charge in [0.2, 0.25) is 0 Å². The molecule has 1 N–H and O–H groups in total. The Morgan fingerprint density at radius 1 is 1.08 bits per heavy atom. The lowest BCUT2D eigenvalue weighted by Crippen LogP contribution is -2.29. The van der Waals surface area contributed by atoms with Gasteiger partial charge in [0.05, 0.1) is 33.9 Å². The van der Waals surface area contributed by atoms with Gasteiger partial charge < -0.3 is 9.84 Å². The number of amides is 1. The Bertz CT molecular complexity index is 1690. The first-order chi connectivity index (χ1) is 18.1. The number of thiazole rings is 1. The number of nitro benzene ring substituents is 1. The largest absolute Gasteiger partial charge is 0.507 e. The van der Waals surface area contributed by atoms with Crippen LogP contribution in [0, 0.1) is 30.9 Å². The van der Waals surface area contributed by atoms with Crippen molar-refractivity contribution < 1.29 is 24.4 Å². The van der Waals surface area contributed by atoms with Gasteiger partial charge >= 0.3 is 5.91 Å².